The number of amides is 2. The summed E-state index contributed by atoms with van der Waals surface area (Å²) < 4.78 is 10.8. The molecule has 1 aliphatic heterocycles. The molecule has 1 saturated heterocycles. The van der Waals surface area contributed by atoms with E-state index in [0.29, 0.717) is 17.1 Å². The van der Waals surface area contributed by atoms with Gasteiger partial charge in [0.05, 0.1) is 14.2 Å². The van der Waals surface area contributed by atoms with E-state index in [1.54, 1.807) is 13.2 Å². The Kier molecular flexibility index (Phi) is 4.18. The standard InChI is InChI=1S/C17H14N2O4S/c1-22-13-8-14(23-2)11(9-5-3-4-6-10(9)13)7-12-15(20)18-17(24)19-16(12)21/h3-8H,1-2H3,(H2,18,19,20,21,24). The van der Waals surface area contributed by atoms with Gasteiger partial charge in [-0.1, -0.05) is 24.3 Å². The molecule has 2 aromatic carbocycles. The maximum absolute atomic E-state index is 12.1. The Bertz CT molecular complexity index is 883. The lowest BCUT2D eigenvalue weighted by Gasteiger charge is -2.18. The third-order valence-electron chi connectivity index (χ3n) is 3.68. The maximum atomic E-state index is 12.1. The van der Waals surface area contributed by atoms with Gasteiger partial charge in [0.1, 0.15) is 17.1 Å². The zero-order chi connectivity index (χ0) is 17.3. The largest absolute Gasteiger partial charge is 0.496 e. The topological polar surface area (TPSA) is 76.7 Å². The van der Waals surface area contributed by atoms with Crippen LogP contribution in [0.5, 0.6) is 11.5 Å². The third kappa shape index (κ3) is 2.69. The van der Waals surface area contributed by atoms with Crippen molar-refractivity contribution in [1.82, 2.24) is 10.6 Å². The van der Waals surface area contributed by atoms with Crippen LogP contribution in [0.2, 0.25) is 0 Å². The van der Waals surface area contributed by atoms with Crippen molar-refractivity contribution >= 4 is 46.0 Å². The molecule has 0 radical (unpaired) electrons. The van der Waals surface area contributed by atoms with Gasteiger partial charge in [-0.25, -0.2) is 0 Å². The Labute approximate surface area is 143 Å². The van der Waals surface area contributed by atoms with Gasteiger partial charge in [-0.3, -0.25) is 20.2 Å². The number of thiocarbonyl (C=S) groups is 1. The van der Waals surface area contributed by atoms with Gasteiger partial charge >= 0.3 is 0 Å². The minimum Gasteiger partial charge on any atom is -0.496 e. The summed E-state index contributed by atoms with van der Waals surface area (Å²) in [5.74, 6) is 0.0338. The van der Waals surface area contributed by atoms with Gasteiger partial charge in [-0.05, 0) is 23.7 Å². The number of carbonyl (C=O) groups is 2. The van der Waals surface area contributed by atoms with E-state index in [2.05, 4.69) is 10.6 Å². The first-order valence-corrected chi connectivity index (χ1v) is 7.48. The fourth-order valence-electron chi connectivity index (χ4n) is 2.58. The molecule has 6 nitrogen and oxygen atoms in total. The van der Waals surface area contributed by atoms with E-state index in [0.717, 1.165) is 10.8 Å². The molecule has 1 aliphatic rings. The fourth-order valence-corrected chi connectivity index (χ4v) is 2.76. The van der Waals surface area contributed by atoms with E-state index >= 15 is 0 Å². The molecule has 2 amide bonds. The summed E-state index contributed by atoms with van der Waals surface area (Å²) in [7, 11) is 3.09. The average Bonchev–Trinajstić information content (AvgIpc) is 2.57. The Morgan fingerprint density at radius 3 is 2.12 bits per heavy atom. The molecule has 0 saturated carbocycles. The minimum atomic E-state index is -0.550. The SMILES string of the molecule is COc1cc(OC)c2ccccc2c1C=C1C(=O)NC(=S)NC1=O. The third-order valence-corrected chi connectivity index (χ3v) is 3.89. The van der Waals surface area contributed by atoms with E-state index in [1.807, 2.05) is 24.3 Å². The van der Waals surface area contributed by atoms with Crippen LogP contribution in [0.15, 0.2) is 35.9 Å². The van der Waals surface area contributed by atoms with E-state index in [4.69, 9.17) is 21.7 Å². The van der Waals surface area contributed by atoms with Gasteiger partial charge in [0, 0.05) is 17.0 Å². The predicted octanol–water partition coefficient (Wildman–Crippen LogP) is 1.77. The molecule has 0 atom stereocenters. The molecule has 7 heteroatoms. The molecule has 24 heavy (non-hydrogen) atoms. The van der Waals surface area contributed by atoms with Crippen LogP contribution >= 0.6 is 12.2 Å². The van der Waals surface area contributed by atoms with Crippen LogP contribution in [0.3, 0.4) is 0 Å². The Morgan fingerprint density at radius 1 is 0.958 bits per heavy atom. The van der Waals surface area contributed by atoms with Crippen molar-refractivity contribution in [2.45, 2.75) is 0 Å². The van der Waals surface area contributed by atoms with Crippen LogP contribution in [0.1, 0.15) is 5.56 Å². The normalized spacial score (nSPS) is 14.2. The predicted molar refractivity (Wildman–Crippen MR) is 93.9 cm³/mol. The van der Waals surface area contributed by atoms with Gasteiger partial charge in [-0.15, -0.1) is 0 Å². The number of benzene rings is 2. The summed E-state index contributed by atoms with van der Waals surface area (Å²) in [4.78, 5) is 24.2. The number of carbonyl (C=O) groups excluding carboxylic acids is 2. The van der Waals surface area contributed by atoms with Crippen molar-refractivity contribution in [2.75, 3.05) is 14.2 Å². The highest BCUT2D eigenvalue weighted by Gasteiger charge is 2.26. The van der Waals surface area contributed by atoms with E-state index in [9.17, 15) is 9.59 Å². The van der Waals surface area contributed by atoms with Crippen LogP contribution in [-0.4, -0.2) is 31.1 Å². The highest BCUT2D eigenvalue weighted by molar-refractivity contribution is 7.80. The monoisotopic (exact) mass is 342 g/mol. The van der Waals surface area contributed by atoms with Gasteiger partial charge in [-0.2, -0.15) is 0 Å². The van der Waals surface area contributed by atoms with Crippen molar-refractivity contribution in [1.29, 1.82) is 0 Å². The van der Waals surface area contributed by atoms with Gasteiger partial charge < -0.3 is 9.47 Å². The summed E-state index contributed by atoms with van der Waals surface area (Å²) in [5.41, 5.74) is 0.569. The molecule has 122 valence electrons. The van der Waals surface area contributed by atoms with Crippen molar-refractivity contribution in [3.05, 3.63) is 41.5 Å². The first-order chi connectivity index (χ1) is 11.5. The van der Waals surface area contributed by atoms with Crippen LogP contribution in [0.25, 0.3) is 16.8 Å². The highest BCUT2D eigenvalue weighted by Crippen LogP contribution is 2.37. The zero-order valence-electron chi connectivity index (χ0n) is 13.0. The smallest absolute Gasteiger partial charge is 0.263 e. The van der Waals surface area contributed by atoms with Crippen LogP contribution < -0.4 is 20.1 Å². The number of methoxy groups -OCH3 is 2. The number of nitrogens with one attached hydrogen (secondary N) is 2. The lowest BCUT2D eigenvalue weighted by atomic mass is 9.99. The van der Waals surface area contributed by atoms with Crippen molar-refractivity contribution in [3.8, 4) is 11.5 Å². The molecule has 3 rings (SSSR count). The van der Waals surface area contributed by atoms with Crippen LogP contribution in [0.4, 0.5) is 0 Å². The Morgan fingerprint density at radius 2 is 1.54 bits per heavy atom. The average molecular weight is 342 g/mol. The second-order valence-electron chi connectivity index (χ2n) is 5.04. The van der Waals surface area contributed by atoms with E-state index in [-0.39, 0.29) is 10.7 Å². The van der Waals surface area contributed by atoms with Crippen molar-refractivity contribution < 1.29 is 19.1 Å². The second-order valence-corrected chi connectivity index (χ2v) is 5.44. The quantitative estimate of drug-likeness (QED) is 0.505. The van der Waals surface area contributed by atoms with E-state index < -0.39 is 11.8 Å². The van der Waals surface area contributed by atoms with Gasteiger partial charge in [0.25, 0.3) is 11.8 Å². The number of fused-ring (bicyclic) bond motifs is 1. The molecule has 0 aromatic heterocycles. The molecule has 0 bridgehead atoms. The van der Waals surface area contributed by atoms with Gasteiger partial charge in [0.2, 0.25) is 0 Å². The second kappa shape index (κ2) is 6.29. The van der Waals surface area contributed by atoms with Crippen LogP contribution in [0, 0.1) is 0 Å². The summed E-state index contributed by atoms with van der Waals surface area (Å²) >= 11 is 4.80. The Hall–Kier alpha value is -2.93. The van der Waals surface area contributed by atoms with E-state index in [1.165, 1.54) is 13.2 Å². The van der Waals surface area contributed by atoms with Crippen molar-refractivity contribution in [2.24, 2.45) is 0 Å². The molecular weight excluding hydrogens is 328 g/mol. The molecule has 1 fully saturated rings. The molecule has 0 spiro atoms. The number of rotatable bonds is 3. The molecule has 2 N–H and O–H groups in total. The Balaban J connectivity index is 2.26. The molecule has 0 unspecified atom stereocenters. The highest BCUT2D eigenvalue weighted by atomic mass is 32.1. The number of hydrogen-bond donors (Lipinski definition) is 2. The van der Waals surface area contributed by atoms with Gasteiger partial charge in [0.15, 0.2) is 5.11 Å². The summed E-state index contributed by atoms with van der Waals surface area (Å²) in [6.07, 6.45) is 1.49. The first-order valence-electron chi connectivity index (χ1n) is 7.07. The summed E-state index contributed by atoms with van der Waals surface area (Å²) in [5, 5.41) is 6.47. The number of hydrogen-bond acceptors (Lipinski definition) is 5. The molecule has 0 aliphatic carbocycles. The summed E-state index contributed by atoms with van der Waals surface area (Å²) in [6, 6.07) is 9.23. The first kappa shape index (κ1) is 15.9. The number of ether oxygens (including phenoxy) is 2. The summed E-state index contributed by atoms with van der Waals surface area (Å²) in [6.45, 7) is 0. The van der Waals surface area contributed by atoms with Crippen LogP contribution in [-0.2, 0) is 9.59 Å². The zero-order valence-corrected chi connectivity index (χ0v) is 13.8. The lowest BCUT2D eigenvalue weighted by molar-refractivity contribution is -0.123. The molecular formula is C17H14N2O4S. The molecule has 2 aromatic rings. The lowest BCUT2D eigenvalue weighted by Crippen LogP contribution is -2.51. The molecule has 1 heterocycles. The minimum absolute atomic E-state index is 0.00583. The van der Waals surface area contributed by atoms with Crippen molar-refractivity contribution in [3.63, 3.8) is 0 Å². The fraction of sp³-hybridized carbons (Fsp3) is 0.118. The maximum Gasteiger partial charge on any atom is 0.263 e.